The fourth-order valence-corrected chi connectivity index (χ4v) is 0.928. The van der Waals surface area contributed by atoms with E-state index in [1.165, 1.54) is 12.8 Å². The highest BCUT2D eigenvalue weighted by molar-refractivity contribution is 4.98. The summed E-state index contributed by atoms with van der Waals surface area (Å²) >= 11 is 0. The van der Waals surface area contributed by atoms with Crippen LogP contribution >= 0.6 is 0 Å². The summed E-state index contributed by atoms with van der Waals surface area (Å²) in [6.45, 7) is 4.00. The van der Waals surface area contributed by atoms with Gasteiger partial charge < -0.3 is 5.11 Å². The lowest BCUT2D eigenvalue weighted by Crippen LogP contribution is -1.97. The van der Waals surface area contributed by atoms with Gasteiger partial charge in [0, 0.05) is 12.8 Å². The second kappa shape index (κ2) is 8.62. The largest absolute Gasteiger partial charge is 0.393 e. The van der Waals surface area contributed by atoms with E-state index >= 15 is 0 Å². The molecule has 1 nitrogen and oxygen atoms in total. The molecule has 0 bridgehead atoms. The van der Waals surface area contributed by atoms with Gasteiger partial charge in [0.15, 0.2) is 0 Å². The van der Waals surface area contributed by atoms with Crippen molar-refractivity contribution in [3.8, 4) is 11.8 Å². The number of hydrogen-bond acceptors (Lipinski definition) is 1. The molecule has 0 saturated carbocycles. The summed E-state index contributed by atoms with van der Waals surface area (Å²) in [5.41, 5.74) is 0. The number of rotatable bonds is 5. The van der Waals surface area contributed by atoms with Crippen molar-refractivity contribution in [3.63, 3.8) is 0 Å². The van der Waals surface area contributed by atoms with Gasteiger partial charge in [-0.1, -0.05) is 13.3 Å². The monoisotopic (exact) mass is 168 g/mol. The van der Waals surface area contributed by atoms with Crippen molar-refractivity contribution in [1.82, 2.24) is 0 Å². The zero-order chi connectivity index (χ0) is 9.23. The Labute approximate surface area is 76.2 Å². The molecule has 0 heterocycles. The van der Waals surface area contributed by atoms with Crippen LogP contribution < -0.4 is 0 Å². The molecule has 0 aliphatic carbocycles. The van der Waals surface area contributed by atoms with Gasteiger partial charge in [-0.3, -0.25) is 0 Å². The summed E-state index contributed by atoms with van der Waals surface area (Å²) in [6, 6.07) is 0. The van der Waals surface area contributed by atoms with Gasteiger partial charge >= 0.3 is 0 Å². The van der Waals surface area contributed by atoms with Crippen LogP contribution in [0.2, 0.25) is 0 Å². The maximum atomic E-state index is 8.94. The Morgan fingerprint density at radius 1 is 1.17 bits per heavy atom. The van der Waals surface area contributed by atoms with E-state index in [2.05, 4.69) is 18.8 Å². The first kappa shape index (κ1) is 11.5. The third-order valence-electron chi connectivity index (χ3n) is 1.70. The standard InChI is InChI=1S/C11H20O/c1-3-4-5-6-7-8-9-10-11(2)12/h11-12H,3-5,8-10H2,1-2H3. The van der Waals surface area contributed by atoms with Crippen LogP contribution in [0.3, 0.4) is 0 Å². The van der Waals surface area contributed by atoms with Gasteiger partial charge in [0.1, 0.15) is 0 Å². The minimum absolute atomic E-state index is 0.164. The zero-order valence-corrected chi connectivity index (χ0v) is 8.27. The zero-order valence-electron chi connectivity index (χ0n) is 8.27. The smallest absolute Gasteiger partial charge is 0.0512 e. The second-order valence-electron chi connectivity index (χ2n) is 3.20. The van der Waals surface area contributed by atoms with Crippen LogP contribution in [0.1, 0.15) is 52.4 Å². The average Bonchev–Trinajstić information content (AvgIpc) is 2.02. The molecular weight excluding hydrogens is 148 g/mol. The van der Waals surface area contributed by atoms with Gasteiger partial charge in [-0.2, -0.15) is 0 Å². The van der Waals surface area contributed by atoms with Crippen molar-refractivity contribution >= 4 is 0 Å². The van der Waals surface area contributed by atoms with Crippen LogP contribution in [0.25, 0.3) is 0 Å². The van der Waals surface area contributed by atoms with Crippen molar-refractivity contribution in [1.29, 1.82) is 0 Å². The van der Waals surface area contributed by atoms with Gasteiger partial charge in [0.2, 0.25) is 0 Å². The summed E-state index contributed by atoms with van der Waals surface area (Å²) in [7, 11) is 0. The average molecular weight is 168 g/mol. The SMILES string of the molecule is CCCCC#CCCCC(C)O. The summed E-state index contributed by atoms with van der Waals surface area (Å²) < 4.78 is 0. The highest BCUT2D eigenvalue weighted by Crippen LogP contribution is 1.98. The molecule has 1 atom stereocenters. The second-order valence-corrected chi connectivity index (χ2v) is 3.20. The topological polar surface area (TPSA) is 20.2 Å². The molecule has 0 aromatic rings. The highest BCUT2D eigenvalue weighted by atomic mass is 16.3. The van der Waals surface area contributed by atoms with E-state index in [-0.39, 0.29) is 6.10 Å². The Hall–Kier alpha value is -0.480. The highest BCUT2D eigenvalue weighted by Gasteiger charge is 1.92. The van der Waals surface area contributed by atoms with Crippen molar-refractivity contribution in [2.45, 2.75) is 58.5 Å². The fraction of sp³-hybridized carbons (Fsp3) is 0.818. The molecule has 1 unspecified atom stereocenters. The van der Waals surface area contributed by atoms with Crippen LogP contribution in [0.4, 0.5) is 0 Å². The lowest BCUT2D eigenvalue weighted by molar-refractivity contribution is 0.182. The molecule has 0 aromatic heterocycles. The summed E-state index contributed by atoms with van der Waals surface area (Å²) in [5.74, 6) is 6.24. The van der Waals surface area contributed by atoms with Gasteiger partial charge in [-0.25, -0.2) is 0 Å². The fourth-order valence-electron chi connectivity index (χ4n) is 0.928. The van der Waals surface area contributed by atoms with E-state index < -0.39 is 0 Å². The predicted octanol–water partition coefficient (Wildman–Crippen LogP) is 2.73. The van der Waals surface area contributed by atoms with Crippen LogP contribution in [0.15, 0.2) is 0 Å². The molecule has 0 saturated heterocycles. The van der Waals surface area contributed by atoms with E-state index in [4.69, 9.17) is 5.11 Å². The number of aliphatic hydroxyl groups is 1. The molecule has 0 fully saturated rings. The van der Waals surface area contributed by atoms with E-state index in [0.717, 1.165) is 25.7 Å². The van der Waals surface area contributed by atoms with E-state index in [1.54, 1.807) is 0 Å². The Balaban J connectivity index is 3.10. The molecule has 0 rings (SSSR count). The minimum atomic E-state index is -0.164. The van der Waals surface area contributed by atoms with Crippen LogP contribution in [0, 0.1) is 11.8 Å². The molecule has 1 N–H and O–H groups in total. The molecule has 0 amide bonds. The van der Waals surface area contributed by atoms with E-state index in [9.17, 15) is 0 Å². The first-order valence-corrected chi connectivity index (χ1v) is 4.91. The lowest BCUT2D eigenvalue weighted by Gasteiger charge is -1.98. The van der Waals surface area contributed by atoms with E-state index in [1.807, 2.05) is 6.92 Å². The van der Waals surface area contributed by atoms with Gasteiger partial charge in [-0.05, 0) is 26.2 Å². The maximum absolute atomic E-state index is 8.94. The van der Waals surface area contributed by atoms with Gasteiger partial charge in [0.25, 0.3) is 0 Å². The lowest BCUT2D eigenvalue weighted by atomic mass is 10.2. The minimum Gasteiger partial charge on any atom is -0.393 e. The third-order valence-corrected chi connectivity index (χ3v) is 1.70. The molecular formula is C11H20O. The van der Waals surface area contributed by atoms with Gasteiger partial charge in [0.05, 0.1) is 6.10 Å². The van der Waals surface area contributed by atoms with Crippen molar-refractivity contribution < 1.29 is 5.11 Å². The summed E-state index contributed by atoms with van der Waals surface area (Å²) in [6.07, 6.45) is 6.15. The molecule has 1 heteroatoms. The van der Waals surface area contributed by atoms with Crippen LogP contribution in [-0.4, -0.2) is 11.2 Å². The number of aliphatic hydroxyl groups excluding tert-OH is 1. The molecule has 12 heavy (non-hydrogen) atoms. The summed E-state index contributed by atoms with van der Waals surface area (Å²) in [5, 5.41) is 8.94. The first-order chi connectivity index (χ1) is 5.77. The van der Waals surface area contributed by atoms with Crippen LogP contribution in [0.5, 0.6) is 0 Å². The third kappa shape index (κ3) is 9.52. The molecule has 70 valence electrons. The van der Waals surface area contributed by atoms with Crippen molar-refractivity contribution in [3.05, 3.63) is 0 Å². The molecule has 0 spiro atoms. The quantitative estimate of drug-likeness (QED) is 0.494. The Bertz CT molecular complexity index is 139. The maximum Gasteiger partial charge on any atom is 0.0512 e. The van der Waals surface area contributed by atoms with E-state index in [0.29, 0.717) is 0 Å². The first-order valence-electron chi connectivity index (χ1n) is 4.91. The summed E-state index contributed by atoms with van der Waals surface area (Å²) in [4.78, 5) is 0. The Morgan fingerprint density at radius 3 is 2.25 bits per heavy atom. The van der Waals surface area contributed by atoms with Crippen molar-refractivity contribution in [2.24, 2.45) is 0 Å². The molecule has 0 radical (unpaired) electrons. The number of unbranched alkanes of at least 4 members (excludes halogenated alkanes) is 3. The van der Waals surface area contributed by atoms with Gasteiger partial charge in [-0.15, -0.1) is 11.8 Å². The molecule has 0 aliphatic heterocycles. The van der Waals surface area contributed by atoms with Crippen LogP contribution in [-0.2, 0) is 0 Å². The Kier molecular flexibility index (Phi) is 8.27. The molecule has 0 aromatic carbocycles. The molecule has 0 aliphatic rings. The number of hydrogen-bond donors (Lipinski definition) is 1. The normalized spacial score (nSPS) is 11.9. The Morgan fingerprint density at radius 2 is 1.75 bits per heavy atom. The van der Waals surface area contributed by atoms with Crippen molar-refractivity contribution in [2.75, 3.05) is 0 Å². The predicted molar refractivity (Wildman–Crippen MR) is 52.8 cm³/mol.